The van der Waals surface area contributed by atoms with E-state index in [9.17, 15) is 9.18 Å². The zero-order chi connectivity index (χ0) is 15.2. The summed E-state index contributed by atoms with van der Waals surface area (Å²) in [6, 6.07) is 12.0. The number of aliphatic carboxylic acids is 1. The fourth-order valence-corrected chi connectivity index (χ4v) is 2.06. The Morgan fingerprint density at radius 2 is 1.95 bits per heavy atom. The number of rotatable bonds is 6. The summed E-state index contributed by atoms with van der Waals surface area (Å²) in [4.78, 5) is 10.7. The summed E-state index contributed by atoms with van der Waals surface area (Å²) in [6.45, 7) is 2.06. The van der Waals surface area contributed by atoms with Gasteiger partial charge in [-0.3, -0.25) is 4.79 Å². The van der Waals surface area contributed by atoms with Crippen molar-refractivity contribution < 1.29 is 19.0 Å². The fourth-order valence-electron chi connectivity index (χ4n) is 2.06. The van der Waals surface area contributed by atoms with Crippen molar-refractivity contribution in [2.45, 2.75) is 26.4 Å². The van der Waals surface area contributed by atoms with Crippen LogP contribution >= 0.6 is 0 Å². The van der Waals surface area contributed by atoms with E-state index in [1.165, 1.54) is 6.07 Å². The van der Waals surface area contributed by atoms with Crippen LogP contribution in [0.25, 0.3) is 0 Å². The number of hydrogen-bond acceptors (Lipinski definition) is 2. The van der Waals surface area contributed by atoms with Crippen LogP contribution < -0.4 is 4.74 Å². The van der Waals surface area contributed by atoms with Gasteiger partial charge in [-0.25, -0.2) is 4.39 Å². The van der Waals surface area contributed by atoms with Gasteiger partial charge in [0.25, 0.3) is 0 Å². The van der Waals surface area contributed by atoms with Crippen molar-refractivity contribution >= 4 is 5.97 Å². The molecule has 0 saturated carbocycles. The van der Waals surface area contributed by atoms with Crippen LogP contribution in [0.1, 0.15) is 23.1 Å². The van der Waals surface area contributed by atoms with E-state index in [0.717, 1.165) is 11.1 Å². The molecule has 0 amide bonds. The van der Waals surface area contributed by atoms with Crippen LogP contribution in [0, 0.1) is 12.7 Å². The average Bonchev–Trinajstić information content (AvgIpc) is 2.45. The van der Waals surface area contributed by atoms with Crippen molar-refractivity contribution in [1.29, 1.82) is 0 Å². The number of carbonyl (C=O) groups is 1. The number of carboxylic acids is 1. The standard InChI is InChI=1S/C17H17FO3/c1-12-6-8-16(13(10-12)7-9-17(19)20)21-11-14-4-2-3-5-15(14)18/h2-6,8,10H,7,9,11H2,1H3,(H,19,20). The maximum atomic E-state index is 13.6. The Labute approximate surface area is 123 Å². The Balaban J connectivity index is 2.12. The largest absolute Gasteiger partial charge is 0.489 e. The molecule has 1 N–H and O–H groups in total. The summed E-state index contributed by atoms with van der Waals surface area (Å²) in [5.41, 5.74) is 2.34. The van der Waals surface area contributed by atoms with Gasteiger partial charge in [0.15, 0.2) is 0 Å². The topological polar surface area (TPSA) is 46.5 Å². The molecular weight excluding hydrogens is 271 g/mol. The van der Waals surface area contributed by atoms with E-state index in [0.29, 0.717) is 17.7 Å². The van der Waals surface area contributed by atoms with Gasteiger partial charge in [0.05, 0.1) is 0 Å². The van der Waals surface area contributed by atoms with Crippen molar-refractivity contribution in [3.05, 3.63) is 65.0 Å². The van der Waals surface area contributed by atoms with Gasteiger partial charge in [-0.05, 0) is 31.0 Å². The molecule has 0 aromatic heterocycles. The quantitative estimate of drug-likeness (QED) is 0.881. The molecule has 0 bridgehead atoms. The third kappa shape index (κ3) is 4.31. The van der Waals surface area contributed by atoms with Gasteiger partial charge in [0.1, 0.15) is 18.2 Å². The second-order valence-corrected chi connectivity index (χ2v) is 4.89. The lowest BCUT2D eigenvalue weighted by molar-refractivity contribution is -0.136. The Bertz CT molecular complexity index is 638. The highest BCUT2D eigenvalue weighted by molar-refractivity contribution is 5.67. The van der Waals surface area contributed by atoms with E-state index in [1.54, 1.807) is 24.3 Å². The second kappa shape index (κ2) is 6.88. The molecule has 2 rings (SSSR count). The highest BCUT2D eigenvalue weighted by Crippen LogP contribution is 2.23. The van der Waals surface area contributed by atoms with Gasteiger partial charge in [-0.15, -0.1) is 0 Å². The molecule has 2 aromatic carbocycles. The maximum absolute atomic E-state index is 13.6. The smallest absolute Gasteiger partial charge is 0.303 e. The zero-order valence-corrected chi connectivity index (χ0v) is 11.8. The van der Waals surface area contributed by atoms with E-state index in [1.807, 2.05) is 19.1 Å². The van der Waals surface area contributed by atoms with Crippen molar-refractivity contribution in [2.75, 3.05) is 0 Å². The lowest BCUT2D eigenvalue weighted by atomic mass is 10.1. The van der Waals surface area contributed by atoms with Crippen LogP contribution in [0.5, 0.6) is 5.75 Å². The first-order chi connectivity index (χ1) is 10.1. The molecular formula is C17H17FO3. The van der Waals surface area contributed by atoms with Gasteiger partial charge in [0.2, 0.25) is 0 Å². The molecule has 110 valence electrons. The molecule has 0 unspecified atom stereocenters. The first kappa shape index (κ1) is 15.0. The second-order valence-electron chi connectivity index (χ2n) is 4.89. The van der Waals surface area contributed by atoms with E-state index in [4.69, 9.17) is 9.84 Å². The van der Waals surface area contributed by atoms with E-state index in [2.05, 4.69) is 0 Å². The Morgan fingerprint density at radius 1 is 1.19 bits per heavy atom. The SMILES string of the molecule is Cc1ccc(OCc2ccccc2F)c(CCC(=O)O)c1. The predicted octanol–water partition coefficient (Wildman–Crippen LogP) is 3.73. The van der Waals surface area contributed by atoms with Crippen LogP contribution in [-0.4, -0.2) is 11.1 Å². The molecule has 0 aliphatic carbocycles. The monoisotopic (exact) mass is 288 g/mol. The average molecular weight is 288 g/mol. The van der Waals surface area contributed by atoms with Crippen LogP contribution in [0.4, 0.5) is 4.39 Å². The Morgan fingerprint density at radius 3 is 2.67 bits per heavy atom. The van der Waals surface area contributed by atoms with Gasteiger partial charge >= 0.3 is 5.97 Å². The van der Waals surface area contributed by atoms with E-state index >= 15 is 0 Å². The third-order valence-electron chi connectivity index (χ3n) is 3.17. The Kier molecular flexibility index (Phi) is 4.93. The van der Waals surface area contributed by atoms with Crippen LogP contribution in [0.2, 0.25) is 0 Å². The van der Waals surface area contributed by atoms with Crippen molar-refractivity contribution in [1.82, 2.24) is 0 Å². The molecule has 0 spiro atoms. The molecule has 0 aliphatic heterocycles. The summed E-state index contributed by atoms with van der Waals surface area (Å²) in [5, 5.41) is 8.79. The van der Waals surface area contributed by atoms with Gasteiger partial charge < -0.3 is 9.84 Å². The minimum Gasteiger partial charge on any atom is -0.489 e. The minimum absolute atomic E-state index is 0.0412. The molecule has 0 saturated heterocycles. The summed E-state index contributed by atoms with van der Waals surface area (Å²) in [6.07, 6.45) is 0.434. The van der Waals surface area contributed by atoms with E-state index in [-0.39, 0.29) is 18.8 Å². The van der Waals surface area contributed by atoms with Gasteiger partial charge in [0, 0.05) is 12.0 Å². The first-order valence-electron chi connectivity index (χ1n) is 6.74. The maximum Gasteiger partial charge on any atom is 0.303 e. The van der Waals surface area contributed by atoms with Gasteiger partial charge in [-0.2, -0.15) is 0 Å². The summed E-state index contributed by atoms with van der Waals surface area (Å²) in [5.74, 6) is -0.557. The van der Waals surface area contributed by atoms with Crippen molar-refractivity contribution in [2.24, 2.45) is 0 Å². The van der Waals surface area contributed by atoms with E-state index < -0.39 is 5.97 Å². The molecule has 2 aromatic rings. The molecule has 0 heterocycles. The molecule has 0 radical (unpaired) electrons. The number of carboxylic acid groups (broad SMARTS) is 1. The number of benzene rings is 2. The normalized spacial score (nSPS) is 10.4. The highest BCUT2D eigenvalue weighted by Gasteiger charge is 2.08. The molecule has 0 aliphatic rings. The fraction of sp³-hybridized carbons (Fsp3) is 0.235. The van der Waals surface area contributed by atoms with Crippen LogP contribution in [0.3, 0.4) is 0 Å². The first-order valence-corrected chi connectivity index (χ1v) is 6.74. The third-order valence-corrected chi connectivity index (χ3v) is 3.17. The van der Waals surface area contributed by atoms with Crippen molar-refractivity contribution in [3.63, 3.8) is 0 Å². The molecule has 0 fully saturated rings. The lowest BCUT2D eigenvalue weighted by Gasteiger charge is -2.12. The predicted molar refractivity (Wildman–Crippen MR) is 77.9 cm³/mol. The minimum atomic E-state index is -0.850. The Hall–Kier alpha value is -2.36. The lowest BCUT2D eigenvalue weighted by Crippen LogP contribution is -2.03. The highest BCUT2D eigenvalue weighted by atomic mass is 19.1. The van der Waals surface area contributed by atoms with Crippen molar-refractivity contribution in [3.8, 4) is 5.75 Å². The van der Waals surface area contributed by atoms with Crippen LogP contribution in [0.15, 0.2) is 42.5 Å². The number of halogens is 1. The molecule has 21 heavy (non-hydrogen) atoms. The number of aryl methyl sites for hydroxylation is 2. The molecule has 3 nitrogen and oxygen atoms in total. The molecule has 0 atom stereocenters. The van der Waals surface area contributed by atoms with Gasteiger partial charge in [-0.1, -0.05) is 35.9 Å². The summed E-state index contributed by atoms with van der Waals surface area (Å²) in [7, 11) is 0. The zero-order valence-electron chi connectivity index (χ0n) is 11.8. The summed E-state index contributed by atoms with van der Waals surface area (Å²) < 4.78 is 19.2. The van der Waals surface area contributed by atoms with Crippen LogP contribution in [-0.2, 0) is 17.8 Å². The number of ether oxygens (including phenoxy) is 1. The number of hydrogen-bond donors (Lipinski definition) is 1. The summed E-state index contributed by atoms with van der Waals surface area (Å²) >= 11 is 0. The molecule has 4 heteroatoms.